The summed E-state index contributed by atoms with van der Waals surface area (Å²) in [6, 6.07) is 0. The van der Waals surface area contributed by atoms with Crippen molar-refractivity contribution in [1.29, 1.82) is 0 Å². The zero-order chi connectivity index (χ0) is 16.3. The molecule has 2 rings (SSSR count). The minimum absolute atomic E-state index is 0.0146. The molecule has 1 unspecified atom stereocenters. The maximum absolute atomic E-state index is 12.7. The third-order valence-electron chi connectivity index (χ3n) is 3.03. The molecule has 1 fully saturated rings. The fraction of sp³-hybridized carbons (Fsp3) is 0.500. The number of nitrogens with zero attached hydrogens (tertiary/aromatic N) is 3. The molecule has 1 amide bonds. The van der Waals surface area contributed by atoms with Gasteiger partial charge < -0.3 is 4.74 Å². The predicted octanol–water partition coefficient (Wildman–Crippen LogP) is 0.306. The van der Waals surface area contributed by atoms with Crippen LogP contribution in [0.5, 0.6) is 0 Å². The Morgan fingerprint density at radius 2 is 2.09 bits per heavy atom. The Bertz CT molecular complexity index is 677. The van der Waals surface area contributed by atoms with Crippen LogP contribution in [-0.4, -0.2) is 49.2 Å². The standard InChI is InChI=1S/C12H14FN3O5S/c1-2-21-11(18)9-4-14-12(15-5-9)16-6-8(3-10(16)17)7-22(13,19)20/h4-5,8H,2-3,6-7H2,1H3. The highest BCUT2D eigenvalue weighted by Gasteiger charge is 2.35. The second-order valence-electron chi connectivity index (χ2n) is 4.77. The van der Waals surface area contributed by atoms with Crippen molar-refractivity contribution in [2.24, 2.45) is 5.92 Å². The Balaban J connectivity index is 2.09. The highest BCUT2D eigenvalue weighted by molar-refractivity contribution is 7.86. The van der Waals surface area contributed by atoms with Crippen LogP contribution in [0.4, 0.5) is 9.83 Å². The van der Waals surface area contributed by atoms with E-state index in [1.165, 1.54) is 17.3 Å². The number of anilines is 1. The van der Waals surface area contributed by atoms with Crippen molar-refractivity contribution in [3.63, 3.8) is 0 Å². The summed E-state index contributed by atoms with van der Waals surface area (Å²) in [7, 11) is -4.64. The van der Waals surface area contributed by atoms with Gasteiger partial charge in [-0.1, -0.05) is 0 Å². The van der Waals surface area contributed by atoms with Crippen LogP contribution in [0, 0.1) is 5.92 Å². The van der Waals surface area contributed by atoms with Gasteiger partial charge in [-0.15, -0.1) is 3.89 Å². The number of rotatable bonds is 5. The molecule has 2 heterocycles. The van der Waals surface area contributed by atoms with Gasteiger partial charge in [-0.2, -0.15) is 8.42 Å². The first-order chi connectivity index (χ1) is 10.3. The molecule has 0 aromatic carbocycles. The summed E-state index contributed by atoms with van der Waals surface area (Å²) in [5.74, 6) is -2.29. The van der Waals surface area contributed by atoms with E-state index >= 15 is 0 Å². The highest BCUT2D eigenvalue weighted by Crippen LogP contribution is 2.23. The molecule has 0 radical (unpaired) electrons. The van der Waals surface area contributed by atoms with Gasteiger partial charge in [0.05, 0.1) is 17.9 Å². The molecule has 1 aromatic rings. The summed E-state index contributed by atoms with van der Waals surface area (Å²) < 4.78 is 38.7. The van der Waals surface area contributed by atoms with E-state index in [1.807, 2.05) is 0 Å². The molecule has 1 saturated heterocycles. The molecule has 0 N–H and O–H groups in total. The molecule has 1 atom stereocenters. The van der Waals surface area contributed by atoms with Crippen molar-refractivity contribution in [1.82, 2.24) is 9.97 Å². The molecule has 0 aliphatic carbocycles. The van der Waals surface area contributed by atoms with E-state index in [-0.39, 0.29) is 31.1 Å². The van der Waals surface area contributed by atoms with Gasteiger partial charge in [-0.05, 0) is 6.92 Å². The Labute approximate surface area is 126 Å². The second kappa shape index (κ2) is 6.34. The molecular weight excluding hydrogens is 317 g/mol. The van der Waals surface area contributed by atoms with Crippen molar-refractivity contribution in [3.8, 4) is 0 Å². The van der Waals surface area contributed by atoms with Crippen LogP contribution >= 0.6 is 0 Å². The molecule has 10 heteroatoms. The number of ether oxygens (including phenoxy) is 1. The zero-order valence-corrected chi connectivity index (χ0v) is 12.5. The van der Waals surface area contributed by atoms with Crippen LogP contribution in [0.1, 0.15) is 23.7 Å². The number of hydrogen-bond acceptors (Lipinski definition) is 7. The van der Waals surface area contributed by atoms with Crippen molar-refractivity contribution < 1.29 is 26.6 Å². The molecule has 22 heavy (non-hydrogen) atoms. The Morgan fingerprint density at radius 3 is 2.64 bits per heavy atom. The van der Waals surface area contributed by atoms with Crippen LogP contribution in [0.25, 0.3) is 0 Å². The lowest BCUT2D eigenvalue weighted by Crippen LogP contribution is -2.27. The van der Waals surface area contributed by atoms with Crippen molar-refractivity contribution in [2.75, 3.05) is 23.8 Å². The first-order valence-electron chi connectivity index (χ1n) is 6.52. The summed E-state index contributed by atoms with van der Waals surface area (Å²) in [6.07, 6.45) is 2.34. The lowest BCUT2D eigenvalue weighted by Gasteiger charge is -2.14. The number of carbonyl (C=O) groups excluding carboxylic acids is 2. The van der Waals surface area contributed by atoms with E-state index in [0.29, 0.717) is 0 Å². The summed E-state index contributed by atoms with van der Waals surface area (Å²) in [6.45, 7) is 1.89. The van der Waals surface area contributed by atoms with E-state index in [0.717, 1.165) is 0 Å². The van der Waals surface area contributed by atoms with Crippen molar-refractivity contribution >= 4 is 28.0 Å². The SMILES string of the molecule is CCOC(=O)c1cnc(N2CC(CS(=O)(=O)F)CC2=O)nc1. The lowest BCUT2D eigenvalue weighted by atomic mass is 10.1. The van der Waals surface area contributed by atoms with E-state index in [9.17, 15) is 21.9 Å². The first-order valence-corrected chi connectivity index (χ1v) is 8.07. The van der Waals surface area contributed by atoms with Crippen LogP contribution < -0.4 is 4.90 Å². The quantitative estimate of drug-likeness (QED) is 0.564. The van der Waals surface area contributed by atoms with Crippen LogP contribution in [0.3, 0.4) is 0 Å². The molecule has 0 saturated carbocycles. The molecule has 120 valence electrons. The maximum Gasteiger partial charge on any atom is 0.341 e. The van der Waals surface area contributed by atoms with Gasteiger partial charge >= 0.3 is 16.2 Å². The van der Waals surface area contributed by atoms with Crippen LogP contribution in [0.2, 0.25) is 0 Å². The van der Waals surface area contributed by atoms with Crippen LogP contribution in [0.15, 0.2) is 12.4 Å². The average Bonchev–Trinajstić information content (AvgIpc) is 2.77. The molecule has 8 nitrogen and oxygen atoms in total. The van der Waals surface area contributed by atoms with Crippen LogP contribution in [-0.2, 0) is 19.8 Å². The number of halogens is 1. The third-order valence-corrected chi connectivity index (χ3v) is 3.90. The maximum atomic E-state index is 12.7. The second-order valence-corrected chi connectivity index (χ2v) is 6.18. The van der Waals surface area contributed by atoms with Gasteiger partial charge in [0.1, 0.15) is 0 Å². The zero-order valence-electron chi connectivity index (χ0n) is 11.7. The van der Waals surface area contributed by atoms with Crippen molar-refractivity contribution in [3.05, 3.63) is 18.0 Å². The molecule has 1 aromatic heterocycles. The number of esters is 1. The van der Waals surface area contributed by atoms with Gasteiger partial charge in [-0.3, -0.25) is 9.69 Å². The molecular formula is C12H14FN3O5S. The van der Waals surface area contributed by atoms with E-state index in [4.69, 9.17) is 4.74 Å². The Kier molecular flexibility index (Phi) is 4.69. The average molecular weight is 331 g/mol. The molecule has 0 spiro atoms. The van der Waals surface area contributed by atoms with Gasteiger partial charge in [-0.25, -0.2) is 14.8 Å². The summed E-state index contributed by atoms with van der Waals surface area (Å²) in [4.78, 5) is 32.3. The summed E-state index contributed by atoms with van der Waals surface area (Å²) in [5, 5.41) is 0. The van der Waals surface area contributed by atoms with Crippen molar-refractivity contribution in [2.45, 2.75) is 13.3 Å². The number of hydrogen-bond donors (Lipinski definition) is 0. The lowest BCUT2D eigenvalue weighted by molar-refractivity contribution is -0.117. The number of aromatic nitrogens is 2. The monoisotopic (exact) mass is 331 g/mol. The van der Waals surface area contributed by atoms with E-state index in [1.54, 1.807) is 6.92 Å². The molecule has 1 aliphatic heterocycles. The van der Waals surface area contributed by atoms with Gasteiger partial charge in [0.15, 0.2) is 0 Å². The minimum Gasteiger partial charge on any atom is -0.462 e. The fourth-order valence-corrected chi connectivity index (χ4v) is 2.93. The minimum atomic E-state index is -4.64. The number of carbonyl (C=O) groups is 2. The normalized spacial score (nSPS) is 18.5. The Hall–Kier alpha value is -2.10. The van der Waals surface area contributed by atoms with Gasteiger partial charge in [0.2, 0.25) is 11.9 Å². The van der Waals surface area contributed by atoms with E-state index in [2.05, 4.69) is 9.97 Å². The highest BCUT2D eigenvalue weighted by atomic mass is 32.3. The van der Waals surface area contributed by atoms with Gasteiger partial charge in [0, 0.05) is 31.3 Å². The largest absolute Gasteiger partial charge is 0.462 e. The molecule has 0 bridgehead atoms. The summed E-state index contributed by atoms with van der Waals surface area (Å²) >= 11 is 0. The number of amides is 1. The fourth-order valence-electron chi connectivity index (χ4n) is 2.15. The topological polar surface area (TPSA) is 107 Å². The third kappa shape index (κ3) is 3.97. The first kappa shape index (κ1) is 16.3. The van der Waals surface area contributed by atoms with Gasteiger partial charge in [0.25, 0.3) is 0 Å². The summed E-state index contributed by atoms with van der Waals surface area (Å²) in [5.41, 5.74) is 0.139. The Morgan fingerprint density at radius 1 is 1.45 bits per heavy atom. The predicted molar refractivity (Wildman–Crippen MR) is 73.3 cm³/mol. The molecule has 1 aliphatic rings. The smallest absolute Gasteiger partial charge is 0.341 e. The van der Waals surface area contributed by atoms with E-state index < -0.39 is 33.8 Å².